The molecule has 0 rings (SSSR count). The van der Waals surface area contributed by atoms with Crippen LogP contribution in [0.4, 0.5) is 0 Å². The molecule has 0 aromatic heterocycles. The third-order valence-electron chi connectivity index (χ3n) is 0.790. The Balaban J connectivity index is 3.76. The first-order chi connectivity index (χ1) is 4.52. The van der Waals surface area contributed by atoms with Gasteiger partial charge in [-0.2, -0.15) is 0 Å². The van der Waals surface area contributed by atoms with Gasteiger partial charge in [0, 0.05) is 17.8 Å². The number of rotatable bonds is 2. The van der Waals surface area contributed by atoms with Crippen molar-refractivity contribution in [2.45, 2.75) is 26.8 Å². The smallest absolute Gasteiger partial charge is 0.245 e. The Labute approximate surface area is 61.3 Å². The standard InChI is InChI=1S/C7H14N2O/c1-5(2)9-7(10)4-6(3)8/h4-5H,8H2,1-3H3,(H,9,10). The van der Waals surface area contributed by atoms with Crippen LogP contribution in [0.3, 0.4) is 0 Å². The number of nitrogens with one attached hydrogen (secondary N) is 1. The van der Waals surface area contributed by atoms with Gasteiger partial charge in [-0.05, 0) is 20.8 Å². The summed E-state index contributed by atoms with van der Waals surface area (Å²) in [5.74, 6) is -0.130. The van der Waals surface area contributed by atoms with Crippen molar-refractivity contribution >= 4 is 5.91 Å². The third-order valence-corrected chi connectivity index (χ3v) is 0.790. The molecule has 1 amide bonds. The lowest BCUT2D eigenvalue weighted by Gasteiger charge is -2.04. The predicted molar refractivity (Wildman–Crippen MR) is 41.2 cm³/mol. The number of hydrogen-bond acceptors (Lipinski definition) is 2. The van der Waals surface area contributed by atoms with Crippen molar-refractivity contribution in [1.29, 1.82) is 0 Å². The molecule has 3 heteroatoms. The van der Waals surface area contributed by atoms with Gasteiger partial charge in [0.2, 0.25) is 5.91 Å². The molecule has 0 fully saturated rings. The van der Waals surface area contributed by atoms with Gasteiger partial charge < -0.3 is 11.1 Å². The Morgan fingerprint density at radius 3 is 2.40 bits per heavy atom. The summed E-state index contributed by atoms with van der Waals surface area (Å²) in [5.41, 5.74) is 5.80. The molecular formula is C7H14N2O. The van der Waals surface area contributed by atoms with Crippen molar-refractivity contribution in [1.82, 2.24) is 5.32 Å². The zero-order chi connectivity index (χ0) is 8.15. The normalized spacial score (nSPS) is 11.8. The lowest BCUT2D eigenvalue weighted by Crippen LogP contribution is -2.28. The van der Waals surface area contributed by atoms with Gasteiger partial charge in [-0.3, -0.25) is 4.79 Å². The molecule has 0 saturated heterocycles. The lowest BCUT2D eigenvalue weighted by atomic mass is 10.3. The molecular weight excluding hydrogens is 128 g/mol. The summed E-state index contributed by atoms with van der Waals surface area (Å²) in [4.78, 5) is 10.8. The number of allylic oxidation sites excluding steroid dienone is 1. The highest BCUT2D eigenvalue weighted by Crippen LogP contribution is 1.82. The first-order valence-electron chi connectivity index (χ1n) is 3.26. The van der Waals surface area contributed by atoms with E-state index in [2.05, 4.69) is 5.32 Å². The second-order valence-corrected chi connectivity index (χ2v) is 2.55. The van der Waals surface area contributed by atoms with E-state index in [1.54, 1.807) is 6.92 Å². The highest BCUT2D eigenvalue weighted by atomic mass is 16.1. The van der Waals surface area contributed by atoms with E-state index in [-0.39, 0.29) is 11.9 Å². The van der Waals surface area contributed by atoms with Gasteiger partial charge in [-0.15, -0.1) is 0 Å². The molecule has 0 aliphatic rings. The molecule has 0 spiro atoms. The second-order valence-electron chi connectivity index (χ2n) is 2.55. The van der Waals surface area contributed by atoms with Crippen molar-refractivity contribution < 1.29 is 4.79 Å². The monoisotopic (exact) mass is 142 g/mol. The maximum Gasteiger partial charge on any atom is 0.245 e. The van der Waals surface area contributed by atoms with Crippen LogP contribution in [-0.2, 0) is 4.79 Å². The summed E-state index contributed by atoms with van der Waals surface area (Å²) in [7, 11) is 0. The number of carbonyl (C=O) groups is 1. The number of carbonyl (C=O) groups excluding carboxylic acids is 1. The van der Waals surface area contributed by atoms with Crippen LogP contribution in [0.5, 0.6) is 0 Å². The zero-order valence-corrected chi connectivity index (χ0v) is 6.64. The van der Waals surface area contributed by atoms with E-state index in [0.717, 1.165) is 0 Å². The van der Waals surface area contributed by atoms with Crippen LogP contribution >= 0.6 is 0 Å². The van der Waals surface area contributed by atoms with Crippen LogP contribution in [0, 0.1) is 0 Å². The fraction of sp³-hybridized carbons (Fsp3) is 0.571. The Bertz CT molecular complexity index is 146. The van der Waals surface area contributed by atoms with Crippen LogP contribution < -0.4 is 11.1 Å². The average Bonchev–Trinajstić information content (AvgIpc) is 1.58. The Hall–Kier alpha value is -0.990. The minimum Gasteiger partial charge on any atom is -0.402 e. The molecule has 58 valence electrons. The number of nitrogens with two attached hydrogens (primary N) is 1. The molecule has 0 unspecified atom stereocenters. The highest BCUT2D eigenvalue weighted by molar-refractivity contribution is 5.88. The summed E-state index contributed by atoms with van der Waals surface area (Å²) in [6.07, 6.45) is 1.38. The number of amides is 1. The third kappa shape index (κ3) is 5.15. The van der Waals surface area contributed by atoms with Crippen molar-refractivity contribution in [2.75, 3.05) is 0 Å². The summed E-state index contributed by atoms with van der Waals surface area (Å²) in [5, 5.41) is 2.68. The molecule has 0 heterocycles. The van der Waals surface area contributed by atoms with E-state index in [9.17, 15) is 4.79 Å². The number of hydrogen-bond donors (Lipinski definition) is 2. The molecule has 0 aliphatic heterocycles. The Morgan fingerprint density at radius 2 is 2.10 bits per heavy atom. The van der Waals surface area contributed by atoms with Crippen molar-refractivity contribution in [2.24, 2.45) is 5.73 Å². The van der Waals surface area contributed by atoms with Gasteiger partial charge in [0.25, 0.3) is 0 Å². The average molecular weight is 142 g/mol. The van der Waals surface area contributed by atoms with Crippen molar-refractivity contribution in [3.63, 3.8) is 0 Å². The molecule has 3 nitrogen and oxygen atoms in total. The topological polar surface area (TPSA) is 55.1 Å². The second kappa shape index (κ2) is 3.93. The fourth-order valence-electron chi connectivity index (χ4n) is 0.533. The van der Waals surface area contributed by atoms with E-state index in [1.807, 2.05) is 13.8 Å². The quantitative estimate of drug-likeness (QED) is 0.547. The molecule has 0 saturated carbocycles. The fourth-order valence-corrected chi connectivity index (χ4v) is 0.533. The lowest BCUT2D eigenvalue weighted by molar-refractivity contribution is -0.117. The van der Waals surface area contributed by atoms with E-state index in [1.165, 1.54) is 6.08 Å². The molecule has 0 bridgehead atoms. The summed E-state index contributed by atoms with van der Waals surface area (Å²) < 4.78 is 0. The minimum absolute atomic E-state index is 0.130. The minimum atomic E-state index is -0.130. The first-order valence-corrected chi connectivity index (χ1v) is 3.26. The first kappa shape index (κ1) is 9.01. The van der Waals surface area contributed by atoms with Gasteiger partial charge in [-0.1, -0.05) is 0 Å². The van der Waals surface area contributed by atoms with Gasteiger partial charge in [0.1, 0.15) is 0 Å². The van der Waals surface area contributed by atoms with Crippen LogP contribution in [0.25, 0.3) is 0 Å². The molecule has 0 aromatic carbocycles. The van der Waals surface area contributed by atoms with Gasteiger partial charge >= 0.3 is 0 Å². The van der Waals surface area contributed by atoms with E-state index < -0.39 is 0 Å². The molecule has 0 radical (unpaired) electrons. The van der Waals surface area contributed by atoms with Gasteiger partial charge in [-0.25, -0.2) is 0 Å². The van der Waals surface area contributed by atoms with Gasteiger partial charge in [0.05, 0.1) is 0 Å². The van der Waals surface area contributed by atoms with Gasteiger partial charge in [0.15, 0.2) is 0 Å². The maximum atomic E-state index is 10.8. The summed E-state index contributed by atoms with van der Waals surface area (Å²) in [6.45, 7) is 5.48. The highest BCUT2D eigenvalue weighted by Gasteiger charge is 1.97. The Morgan fingerprint density at radius 1 is 1.60 bits per heavy atom. The van der Waals surface area contributed by atoms with Crippen LogP contribution in [-0.4, -0.2) is 11.9 Å². The summed E-state index contributed by atoms with van der Waals surface area (Å²) >= 11 is 0. The van der Waals surface area contributed by atoms with E-state index in [4.69, 9.17) is 5.73 Å². The molecule has 0 aliphatic carbocycles. The SMILES string of the molecule is CC(N)=CC(=O)NC(C)C. The summed E-state index contributed by atoms with van der Waals surface area (Å²) in [6, 6.07) is 0.170. The van der Waals surface area contributed by atoms with Crippen molar-refractivity contribution in [3.05, 3.63) is 11.8 Å². The van der Waals surface area contributed by atoms with Crippen molar-refractivity contribution in [3.8, 4) is 0 Å². The van der Waals surface area contributed by atoms with E-state index >= 15 is 0 Å². The molecule has 10 heavy (non-hydrogen) atoms. The molecule has 3 N–H and O–H groups in total. The molecule has 0 atom stereocenters. The van der Waals surface area contributed by atoms with E-state index in [0.29, 0.717) is 5.70 Å². The Kier molecular flexibility index (Phi) is 3.54. The largest absolute Gasteiger partial charge is 0.402 e. The zero-order valence-electron chi connectivity index (χ0n) is 6.64. The van der Waals surface area contributed by atoms with Crippen LogP contribution in [0.15, 0.2) is 11.8 Å². The van der Waals surface area contributed by atoms with Crippen LogP contribution in [0.2, 0.25) is 0 Å². The van der Waals surface area contributed by atoms with Crippen LogP contribution in [0.1, 0.15) is 20.8 Å². The molecule has 0 aromatic rings. The predicted octanol–water partition coefficient (Wildman–Crippen LogP) is 0.373. The maximum absolute atomic E-state index is 10.8.